The predicted octanol–water partition coefficient (Wildman–Crippen LogP) is 2.48. The van der Waals surface area contributed by atoms with Crippen LogP contribution in [0.4, 0.5) is 0 Å². The molecule has 7 atom stereocenters. The number of epoxide rings is 1. The molecule has 4 rings (SSSR count). The van der Waals surface area contributed by atoms with Crippen LogP contribution in [0.1, 0.15) is 53.9 Å². The summed E-state index contributed by atoms with van der Waals surface area (Å²) in [5, 5.41) is 21.4. The van der Waals surface area contributed by atoms with Gasteiger partial charge < -0.3 is 24.4 Å². The lowest BCUT2D eigenvalue weighted by atomic mass is 9.90. The van der Waals surface area contributed by atoms with E-state index in [1.165, 1.54) is 0 Å². The third-order valence-corrected chi connectivity index (χ3v) is 7.26. The van der Waals surface area contributed by atoms with Crippen molar-refractivity contribution in [2.75, 3.05) is 6.61 Å². The molecular weight excluding hydrogens is 360 g/mol. The van der Waals surface area contributed by atoms with Gasteiger partial charge in [0.15, 0.2) is 0 Å². The second-order valence-corrected chi connectivity index (χ2v) is 9.67. The van der Waals surface area contributed by atoms with E-state index < -0.39 is 29.7 Å². The van der Waals surface area contributed by atoms with Crippen molar-refractivity contribution in [3.8, 4) is 0 Å². The molecule has 0 aromatic carbocycles. The third-order valence-electron chi connectivity index (χ3n) is 7.26. The average Bonchev–Trinajstić information content (AvgIpc) is 3.36. The van der Waals surface area contributed by atoms with Crippen molar-refractivity contribution < 1.29 is 29.2 Å². The topological polar surface area (TPSA) is 88.5 Å². The Bertz CT molecular complexity index is 739. The smallest absolute Gasteiger partial charge is 0.336 e. The minimum atomic E-state index is -1.16. The summed E-state index contributed by atoms with van der Waals surface area (Å²) in [6.45, 7) is 10.4. The molecule has 0 amide bonds. The second kappa shape index (κ2) is 6.39. The van der Waals surface area contributed by atoms with Gasteiger partial charge in [-0.15, -0.1) is 0 Å². The highest BCUT2D eigenvalue weighted by molar-refractivity contribution is 5.91. The fourth-order valence-electron chi connectivity index (χ4n) is 5.32. The van der Waals surface area contributed by atoms with Crippen LogP contribution in [0.15, 0.2) is 23.3 Å². The Morgan fingerprint density at radius 2 is 2.00 bits per heavy atom. The zero-order valence-electron chi connectivity index (χ0n) is 17.4. The fourth-order valence-corrected chi connectivity index (χ4v) is 5.32. The summed E-state index contributed by atoms with van der Waals surface area (Å²) in [7, 11) is 0. The van der Waals surface area contributed by atoms with Gasteiger partial charge in [0.2, 0.25) is 5.79 Å². The molecule has 0 aromatic heterocycles. The van der Waals surface area contributed by atoms with Gasteiger partial charge in [0.25, 0.3) is 0 Å². The zero-order chi connectivity index (χ0) is 20.5. The molecule has 0 unspecified atom stereocenters. The molecule has 0 radical (unpaired) electrons. The van der Waals surface area contributed by atoms with Crippen molar-refractivity contribution in [3.63, 3.8) is 0 Å². The molecule has 6 nitrogen and oxygen atoms in total. The van der Waals surface area contributed by atoms with E-state index in [1.807, 2.05) is 26.8 Å². The Kier molecular flexibility index (Phi) is 4.58. The molecule has 2 heterocycles. The Hall–Kier alpha value is -1.21. The van der Waals surface area contributed by atoms with E-state index in [2.05, 4.69) is 19.9 Å². The Labute approximate surface area is 166 Å². The highest BCUT2D eigenvalue weighted by Gasteiger charge is 2.63. The van der Waals surface area contributed by atoms with Crippen molar-refractivity contribution in [1.29, 1.82) is 0 Å². The molecule has 1 saturated carbocycles. The van der Waals surface area contributed by atoms with Crippen molar-refractivity contribution in [1.82, 2.24) is 0 Å². The van der Waals surface area contributed by atoms with Crippen LogP contribution in [0.25, 0.3) is 0 Å². The predicted molar refractivity (Wildman–Crippen MR) is 102 cm³/mol. The van der Waals surface area contributed by atoms with Gasteiger partial charge in [-0.3, -0.25) is 0 Å². The van der Waals surface area contributed by atoms with Gasteiger partial charge >= 0.3 is 5.97 Å². The maximum Gasteiger partial charge on any atom is 0.336 e. The van der Waals surface area contributed by atoms with Crippen molar-refractivity contribution in [3.05, 3.63) is 23.3 Å². The third kappa shape index (κ3) is 3.15. The van der Waals surface area contributed by atoms with Crippen LogP contribution in [0.3, 0.4) is 0 Å². The van der Waals surface area contributed by atoms with Crippen LogP contribution in [0, 0.1) is 17.3 Å². The van der Waals surface area contributed by atoms with Gasteiger partial charge in [0.1, 0.15) is 23.9 Å². The van der Waals surface area contributed by atoms with Gasteiger partial charge in [-0.1, -0.05) is 19.9 Å². The molecule has 156 valence electrons. The van der Waals surface area contributed by atoms with E-state index >= 15 is 0 Å². The molecule has 0 aromatic rings. The molecule has 4 aliphatic rings. The summed E-state index contributed by atoms with van der Waals surface area (Å²) in [4.78, 5) is 12.5. The van der Waals surface area contributed by atoms with E-state index in [4.69, 9.17) is 14.2 Å². The molecule has 2 fully saturated rings. The number of aliphatic hydroxyl groups excluding tert-OH is 2. The summed E-state index contributed by atoms with van der Waals surface area (Å²) >= 11 is 0. The maximum atomic E-state index is 12.5. The van der Waals surface area contributed by atoms with Gasteiger partial charge in [-0.25, -0.2) is 4.79 Å². The minimum Gasteiger partial charge on any atom is -0.426 e. The van der Waals surface area contributed by atoms with Gasteiger partial charge in [-0.05, 0) is 62.5 Å². The summed E-state index contributed by atoms with van der Waals surface area (Å²) in [6.07, 6.45) is 3.16. The molecule has 28 heavy (non-hydrogen) atoms. The maximum absolute atomic E-state index is 12.5. The largest absolute Gasteiger partial charge is 0.426 e. The first-order valence-electron chi connectivity index (χ1n) is 10.3. The first-order chi connectivity index (χ1) is 13.0. The van der Waals surface area contributed by atoms with Crippen LogP contribution in [-0.2, 0) is 19.0 Å². The lowest BCUT2D eigenvalue weighted by Gasteiger charge is -2.28. The van der Waals surface area contributed by atoms with E-state index in [1.54, 1.807) is 0 Å². The number of fused-ring (bicyclic) bond motifs is 3. The number of hydrogen-bond donors (Lipinski definition) is 2. The van der Waals surface area contributed by atoms with Gasteiger partial charge in [0, 0.05) is 18.6 Å². The quantitative estimate of drug-likeness (QED) is 0.426. The van der Waals surface area contributed by atoms with Crippen molar-refractivity contribution in [2.24, 2.45) is 17.3 Å². The van der Waals surface area contributed by atoms with Gasteiger partial charge in [0.05, 0.1) is 0 Å². The fraction of sp³-hybridized carbons (Fsp3) is 0.773. The second-order valence-electron chi connectivity index (χ2n) is 9.67. The number of carbonyl (C=O) groups excluding carboxylic acids is 1. The lowest BCUT2D eigenvalue weighted by molar-refractivity contribution is -0.203. The van der Waals surface area contributed by atoms with Crippen molar-refractivity contribution >= 4 is 5.97 Å². The van der Waals surface area contributed by atoms with E-state index in [0.29, 0.717) is 30.4 Å². The molecule has 2 aliphatic heterocycles. The minimum absolute atomic E-state index is 0.108. The van der Waals surface area contributed by atoms with Crippen LogP contribution < -0.4 is 0 Å². The molecule has 1 saturated heterocycles. The standard InChI is InChI=1S/C22H32O6/c1-6-26-22-10-13(19(25)28-22)7-8-14-15(20(14,3)4)9-12(2)16(23)17(24)18-21(5,11-22)27-18/h9-10,14-18,23-24H,6-8,11H2,1-5H3/b12-9+/t14-,15+,16-,17-,18+,21+,22+/m1/s1. The van der Waals surface area contributed by atoms with Crippen LogP contribution in [0.2, 0.25) is 0 Å². The number of ether oxygens (including phenoxy) is 3. The van der Waals surface area contributed by atoms with Crippen LogP contribution >= 0.6 is 0 Å². The highest BCUT2D eigenvalue weighted by Crippen LogP contribution is 2.62. The zero-order valence-corrected chi connectivity index (χ0v) is 17.4. The Morgan fingerprint density at radius 3 is 2.68 bits per heavy atom. The van der Waals surface area contributed by atoms with Crippen LogP contribution in [-0.4, -0.2) is 52.5 Å². The van der Waals surface area contributed by atoms with Crippen LogP contribution in [0.5, 0.6) is 0 Å². The molecule has 2 N–H and O–H groups in total. The molecule has 0 spiro atoms. The highest BCUT2D eigenvalue weighted by atomic mass is 16.7. The first-order valence-corrected chi connectivity index (χ1v) is 10.3. The molecular formula is C22H32O6. The average molecular weight is 392 g/mol. The Morgan fingerprint density at radius 1 is 1.29 bits per heavy atom. The first kappa shape index (κ1) is 20.1. The number of allylic oxidation sites excluding steroid dienone is 1. The monoisotopic (exact) mass is 392 g/mol. The van der Waals surface area contributed by atoms with Crippen molar-refractivity contribution in [2.45, 2.75) is 83.6 Å². The molecule has 2 aliphatic carbocycles. The Balaban J connectivity index is 1.68. The van der Waals surface area contributed by atoms with Gasteiger partial charge in [-0.2, -0.15) is 0 Å². The van der Waals surface area contributed by atoms with E-state index in [-0.39, 0.29) is 17.8 Å². The van der Waals surface area contributed by atoms with E-state index in [0.717, 1.165) is 12.0 Å². The summed E-state index contributed by atoms with van der Waals surface area (Å²) < 4.78 is 17.4. The number of aliphatic hydroxyl groups is 2. The summed E-state index contributed by atoms with van der Waals surface area (Å²) in [5.41, 5.74) is 0.815. The normalized spacial score (nSPS) is 49.0. The number of rotatable bonds is 2. The van der Waals surface area contributed by atoms with E-state index in [9.17, 15) is 15.0 Å². The molecule has 6 heteroatoms. The number of esters is 1. The SMILES string of the molecule is CCO[C@]12C=C(CC[C@@H]3[C@H](/C=C(\C)[C@@H](O)[C@@H](O)[C@@H]4O[C@@]4(C)C1)C3(C)C)C(=O)O2. The molecule has 2 bridgehead atoms. The lowest BCUT2D eigenvalue weighted by Crippen LogP contribution is -2.41. The number of carbonyl (C=O) groups is 1. The number of hydrogen-bond acceptors (Lipinski definition) is 6. The summed E-state index contributed by atoms with van der Waals surface area (Å²) in [6, 6.07) is 0. The summed E-state index contributed by atoms with van der Waals surface area (Å²) in [5.74, 6) is -0.749.